The maximum atomic E-state index is 12.1. The van der Waals surface area contributed by atoms with Crippen LogP contribution in [0.1, 0.15) is 47.0 Å². The van der Waals surface area contributed by atoms with E-state index in [0.29, 0.717) is 5.92 Å². The topological polar surface area (TPSA) is 69.4 Å². The van der Waals surface area contributed by atoms with Crippen molar-refractivity contribution in [3.8, 4) is 0 Å². The summed E-state index contributed by atoms with van der Waals surface area (Å²) in [7, 11) is 0. The predicted octanol–water partition coefficient (Wildman–Crippen LogP) is 2.97. The molecule has 5 heteroatoms. The molecule has 2 aliphatic rings. The summed E-state index contributed by atoms with van der Waals surface area (Å²) in [6.45, 7) is 7.36. The highest BCUT2D eigenvalue weighted by Crippen LogP contribution is 2.59. The molecule has 5 nitrogen and oxygen atoms in total. The predicted molar refractivity (Wildman–Crippen MR) is 74.7 cm³/mol. The highest BCUT2D eigenvalue weighted by molar-refractivity contribution is 5.71. The standard InChI is InChI=1S/C15H23NO4/c1-10-5-11-7-15(9-16(18)19,12(11)6-10)8-13(17)20-14(2,3)4/h6,11-12H,5,7-9H2,1-4H3. The molecule has 0 amide bonds. The summed E-state index contributed by atoms with van der Waals surface area (Å²) in [6, 6.07) is 0. The van der Waals surface area contributed by atoms with Gasteiger partial charge in [0, 0.05) is 4.92 Å². The number of carbonyl (C=O) groups is 1. The SMILES string of the molecule is CC1=CC2C(C1)CC2(CC(=O)OC(C)(C)C)C[N+](=O)[O-]. The minimum absolute atomic E-state index is 0.142. The van der Waals surface area contributed by atoms with Crippen molar-refractivity contribution in [2.24, 2.45) is 17.3 Å². The fraction of sp³-hybridized carbons (Fsp3) is 0.800. The van der Waals surface area contributed by atoms with Crippen molar-refractivity contribution in [1.82, 2.24) is 0 Å². The van der Waals surface area contributed by atoms with Crippen LogP contribution in [-0.2, 0) is 9.53 Å². The molecule has 0 heterocycles. The Balaban J connectivity index is 2.10. The minimum atomic E-state index is -0.544. The van der Waals surface area contributed by atoms with Crippen LogP contribution in [0.4, 0.5) is 0 Å². The average Bonchev–Trinajstić information content (AvgIpc) is 2.51. The Morgan fingerprint density at radius 1 is 1.55 bits per heavy atom. The number of carbonyl (C=O) groups excluding carboxylic acids is 1. The lowest BCUT2D eigenvalue weighted by molar-refractivity contribution is -0.506. The zero-order valence-electron chi connectivity index (χ0n) is 12.6. The van der Waals surface area contributed by atoms with Crippen LogP contribution in [0.3, 0.4) is 0 Å². The van der Waals surface area contributed by atoms with Gasteiger partial charge in [-0.1, -0.05) is 11.6 Å². The first kappa shape index (κ1) is 15.0. The van der Waals surface area contributed by atoms with E-state index in [1.165, 1.54) is 5.57 Å². The summed E-state index contributed by atoms with van der Waals surface area (Å²) in [5.41, 5.74) is 0.209. The quantitative estimate of drug-likeness (QED) is 0.344. The van der Waals surface area contributed by atoms with E-state index in [2.05, 4.69) is 13.0 Å². The van der Waals surface area contributed by atoms with Crippen molar-refractivity contribution in [2.75, 3.05) is 6.54 Å². The lowest BCUT2D eigenvalue weighted by Gasteiger charge is -2.49. The van der Waals surface area contributed by atoms with Crippen LogP contribution < -0.4 is 0 Å². The third kappa shape index (κ3) is 3.02. The van der Waals surface area contributed by atoms with Crippen LogP contribution in [0.2, 0.25) is 0 Å². The molecule has 0 radical (unpaired) electrons. The first-order valence-corrected chi connectivity index (χ1v) is 7.12. The van der Waals surface area contributed by atoms with Gasteiger partial charge in [0.25, 0.3) is 0 Å². The van der Waals surface area contributed by atoms with Crippen molar-refractivity contribution in [3.05, 3.63) is 21.8 Å². The normalized spacial score (nSPS) is 32.1. The van der Waals surface area contributed by atoms with Gasteiger partial charge in [-0.25, -0.2) is 0 Å². The third-order valence-electron chi connectivity index (χ3n) is 4.29. The highest BCUT2D eigenvalue weighted by Gasteiger charge is 2.58. The van der Waals surface area contributed by atoms with Gasteiger partial charge in [-0.15, -0.1) is 0 Å². The molecule has 0 aromatic carbocycles. The van der Waals surface area contributed by atoms with Crippen LogP contribution in [0.15, 0.2) is 11.6 Å². The fourth-order valence-electron chi connectivity index (χ4n) is 3.76. The molecule has 0 aromatic heterocycles. The van der Waals surface area contributed by atoms with E-state index in [-0.39, 0.29) is 29.8 Å². The zero-order chi connectivity index (χ0) is 15.1. The second-order valence-corrected chi connectivity index (χ2v) is 7.32. The number of ether oxygens (including phenoxy) is 1. The smallest absolute Gasteiger partial charge is 0.307 e. The third-order valence-corrected chi connectivity index (χ3v) is 4.29. The number of hydrogen-bond donors (Lipinski definition) is 0. The molecule has 20 heavy (non-hydrogen) atoms. The number of rotatable bonds is 4. The Labute approximate surface area is 119 Å². The highest BCUT2D eigenvalue weighted by atomic mass is 16.6. The van der Waals surface area contributed by atoms with Gasteiger partial charge >= 0.3 is 5.97 Å². The van der Waals surface area contributed by atoms with Crippen LogP contribution in [0.25, 0.3) is 0 Å². The second-order valence-electron chi connectivity index (χ2n) is 7.32. The van der Waals surface area contributed by atoms with Gasteiger partial charge in [0.15, 0.2) is 0 Å². The molecule has 1 saturated carbocycles. The van der Waals surface area contributed by atoms with Gasteiger partial charge in [-0.05, 0) is 52.4 Å². The van der Waals surface area contributed by atoms with Crippen molar-refractivity contribution < 1.29 is 14.5 Å². The number of nitrogens with zero attached hydrogens (tertiary/aromatic N) is 1. The first-order valence-electron chi connectivity index (χ1n) is 7.12. The summed E-state index contributed by atoms with van der Waals surface area (Å²) >= 11 is 0. The molecule has 3 atom stereocenters. The number of allylic oxidation sites excluding steroid dienone is 2. The molecule has 112 valence electrons. The molecule has 0 saturated heterocycles. The van der Waals surface area contributed by atoms with E-state index >= 15 is 0 Å². The van der Waals surface area contributed by atoms with Gasteiger partial charge in [-0.3, -0.25) is 14.9 Å². The monoisotopic (exact) mass is 281 g/mol. The molecule has 2 aliphatic carbocycles. The van der Waals surface area contributed by atoms with Crippen LogP contribution in [0.5, 0.6) is 0 Å². The van der Waals surface area contributed by atoms with Gasteiger partial charge in [0.1, 0.15) is 5.60 Å². The lowest BCUT2D eigenvalue weighted by atomic mass is 9.53. The minimum Gasteiger partial charge on any atom is -0.460 e. The Morgan fingerprint density at radius 3 is 2.70 bits per heavy atom. The van der Waals surface area contributed by atoms with E-state index in [9.17, 15) is 14.9 Å². The van der Waals surface area contributed by atoms with Crippen LogP contribution in [-0.4, -0.2) is 23.0 Å². The summed E-state index contributed by atoms with van der Waals surface area (Å²) in [5.74, 6) is 0.327. The molecule has 0 N–H and O–H groups in total. The number of fused-ring (bicyclic) bond motifs is 1. The molecular weight excluding hydrogens is 258 g/mol. The van der Waals surface area contributed by atoms with Crippen molar-refractivity contribution >= 4 is 5.97 Å². The lowest BCUT2D eigenvalue weighted by Crippen LogP contribution is -2.51. The van der Waals surface area contributed by atoms with Gasteiger partial charge in [0.2, 0.25) is 6.54 Å². The second kappa shape index (κ2) is 4.86. The molecule has 2 rings (SSSR count). The summed E-state index contributed by atoms with van der Waals surface area (Å²) in [6.07, 6.45) is 4.04. The first-order chi connectivity index (χ1) is 9.11. The number of hydrogen-bond acceptors (Lipinski definition) is 4. The Kier molecular flexibility index (Phi) is 3.65. The molecule has 3 unspecified atom stereocenters. The van der Waals surface area contributed by atoms with Crippen molar-refractivity contribution in [3.63, 3.8) is 0 Å². The molecule has 0 spiro atoms. The molecule has 0 aromatic rings. The van der Waals surface area contributed by atoms with Gasteiger partial charge in [0.05, 0.1) is 11.8 Å². The molecule has 1 fully saturated rings. The molecule has 0 aliphatic heterocycles. The number of nitro groups is 1. The van der Waals surface area contributed by atoms with E-state index < -0.39 is 11.0 Å². The Morgan fingerprint density at radius 2 is 2.20 bits per heavy atom. The van der Waals surface area contributed by atoms with E-state index in [1.54, 1.807) is 0 Å². The van der Waals surface area contributed by atoms with Gasteiger partial charge < -0.3 is 4.74 Å². The van der Waals surface area contributed by atoms with Crippen LogP contribution in [0, 0.1) is 27.4 Å². The average molecular weight is 281 g/mol. The fourth-order valence-corrected chi connectivity index (χ4v) is 3.76. The van der Waals surface area contributed by atoms with Crippen molar-refractivity contribution in [2.45, 2.75) is 52.6 Å². The summed E-state index contributed by atoms with van der Waals surface area (Å²) in [4.78, 5) is 22.7. The van der Waals surface area contributed by atoms with E-state index in [4.69, 9.17) is 4.74 Å². The maximum Gasteiger partial charge on any atom is 0.307 e. The Hall–Kier alpha value is -1.39. The largest absolute Gasteiger partial charge is 0.460 e. The summed E-state index contributed by atoms with van der Waals surface area (Å²) in [5, 5.41) is 11.0. The van der Waals surface area contributed by atoms with Gasteiger partial charge in [-0.2, -0.15) is 0 Å². The maximum absolute atomic E-state index is 12.1. The summed E-state index contributed by atoms with van der Waals surface area (Å²) < 4.78 is 5.34. The van der Waals surface area contributed by atoms with Crippen molar-refractivity contribution in [1.29, 1.82) is 0 Å². The zero-order valence-corrected chi connectivity index (χ0v) is 12.6. The molecular formula is C15H23NO4. The van der Waals surface area contributed by atoms with E-state index in [0.717, 1.165) is 12.8 Å². The Bertz CT molecular complexity index is 463. The molecule has 0 bridgehead atoms. The van der Waals surface area contributed by atoms with Crippen LogP contribution >= 0.6 is 0 Å². The number of esters is 1. The van der Waals surface area contributed by atoms with E-state index in [1.807, 2.05) is 20.8 Å².